The highest BCUT2D eigenvalue weighted by atomic mass is 79.9. The highest BCUT2D eigenvalue weighted by Crippen LogP contribution is 2.14. The van der Waals surface area contributed by atoms with Crippen LogP contribution in [0, 0.1) is 0 Å². The second-order valence-electron chi connectivity index (χ2n) is 4.78. The quantitative estimate of drug-likeness (QED) is 0.727. The number of hydrogen-bond acceptors (Lipinski definition) is 1. The highest BCUT2D eigenvalue weighted by Gasteiger charge is 1.96. The maximum atomic E-state index is 2.16. The third-order valence-electron chi connectivity index (χ3n) is 3.16. The Morgan fingerprint density at radius 3 is 1.85 bits per heavy atom. The molecule has 0 aliphatic heterocycles. The molecule has 0 bridgehead atoms. The van der Waals surface area contributed by atoms with Gasteiger partial charge in [0, 0.05) is 31.9 Å². The Morgan fingerprint density at radius 2 is 1.40 bits per heavy atom. The van der Waals surface area contributed by atoms with Gasteiger partial charge in [-0.1, -0.05) is 24.3 Å². The minimum atomic E-state index is 0. The molecule has 0 spiro atoms. The number of rotatable bonds is 4. The van der Waals surface area contributed by atoms with Crippen LogP contribution in [0.2, 0.25) is 0 Å². The van der Waals surface area contributed by atoms with E-state index in [4.69, 9.17) is 0 Å². The van der Waals surface area contributed by atoms with Crippen molar-refractivity contribution in [3.63, 3.8) is 0 Å². The topological polar surface area (TPSA) is 7.12 Å². The van der Waals surface area contributed by atoms with Crippen LogP contribution in [0.4, 0.5) is 5.69 Å². The van der Waals surface area contributed by atoms with Crippen LogP contribution < -0.4 is 26.4 Å². The Morgan fingerprint density at radius 1 is 0.900 bits per heavy atom. The molecule has 0 saturated carbocycles. The van der Waals surface area contributed by atoms with Gasteiger partial charge in [0.15, 0.2) is 12.4 Å². The summed E-state index contributed by atoms with van der Waals surface area (Å²) in [5.74, 6) is 0. The monoisotopic (exact) mass is 332 g/mol. The van der Waals surface area contributed by atoms with Crippen molar-refractivity contribution in [1.82, 2.24) is 0 Å². The summed E-state index contributed by atoms with van der Waals surface area (Å²) in [6, 6.07) is 12.8. The third kappa shape index (κ3) is 4.49. The van der Waals surface area contributed by atoms with Crippen LogP contribution in [0.25, 0.3) is 12.2 Å². The lowest BCUT2D eigenvalue weighted by molar-refractivity contribution is -0.693. The minimum Gasteiger partial charge on any atom is -1.00 e. The van der Waals surface area contributed by atoms with Crippen molar-refractivity contribution in [3.05, 3.63) is 59.9 Å². The molecule has 20 heavy (non-hydrogen) atoms. The van der Waals surface area contributed by atoms with Crippen LogP contribution in [0.1, 0.15) is 18.1 Å². The Hall–Kier alpha value is -1.61. The average Bonchev–Trinajstić information content (AvgIpc) is 2.46. The van der Waals surface area contributed by atoms with Crippen molar-refractivity contribution in [2.24, 2.45) is 0 Å². The van der Waals surface area contributed by atoms with E-state index in [1.807, 2.05) is 0 Å². The first-order chi connectivity index (χ1) is 9.19. The number of nitrogens with zero attached hydrogens (tertiary/aromatic N) is 2. The van der Waals surface area contributed by atoms with E-state index >= 15 is 0 Å². The Bertz CT molecular complexity index is 542. The fraction of sp³-hybridized carbons (Fsp3) is 0.235. The second kappa shape index (κ2) is 7.85. The molecule has 1 heterocycles. The highest BCUT2D eigenvalue weighted by molar-refractivity contribution is 5.70. The summed E-state index contributed by atoms with van der Waals surface area (Å²) in [7, 11) is 4.11. The number of pyridine rings is 1. The number of aryl methyl sites for hydroxylation is 1. The van der Waals surface area contributed by atoms with E-state index in [0.29, 0.717) is 0 Å². The molecule has 0 atom stereocenters. The predicted octanol–water partition coefficient (Wildman–Crippen LogP) is 0.234. The van der Waals surface area contributed by atoms with Gasteiger partial charge in [-0.25, -0.2) is 4.57 Å². The standard InChI is InChI=1S/C17H21N2.BrH/c1-4-19-13-11-16(12-14-19)6-5-15-7-9-17(10-8-15)18(2)3;/h5-14H,4H2,1-3H3;1H/q+1;/p-1. The number of halogens is 1. The zero-order valence-corrected chi connectivity index (χ0v) is 13.8. The SMILES string of the molecule is CC[n+]1ccc(C=Cc2ccc(N(C)C)cc2)cc1.[Br-]. The van der Waals surface area contributed by atoms with E-state index in [9.17, 15) is 0 Å². The van der Waals surface area contributed by atoms with Gasteiger partial charge in [0.25, 0.3) is 0 Å². The predicted molar refractivity (Wildman–Crippen MR) is 82.0 cm³/mol. The molecule has 0 N–H and O–H groups in total. The van der Waals surface area contributed by atoms with Gasteiger partial charge in [0.05, 0.1) is 0 Å². The minimum absolute atomic E-state index is 0. The summed E-state index contributed by atoms with van der Waals surface area (Å²) in [4.78, 5) is 2.11. The molecule has 2 aromatic rings. The first kappa shape index (κ1) is 16.4. The summed E-state index contributed by atoms with van der Waals surface area (Å²) in [5.41, 5.74) is 3.67. The van der Waals surface area contributed by atoms with Gasteiger partial charge >= 0.3 is 0 Å². The third-order valence-corrected chi connectivity index (χ3v) is 3.16. The lowest BCUT2D eigenvalue weighted by Crippen LogP contribution is -3.00. The molecule has 0 fully saturated rings. The molecule has 1 aromatic heterocycles. The number of anilines is 1. The van der Waals surface area contributed by atoms with Crippen molar-refractivity contribution in [3.8, 4) is 0 Å². The van der Waals surface area contributed by atoms with E-state index < -0.39 is 0 Å². The van der Waals surface area contributed by atoms with Crippen LogP contribution in [0.5, 0.6) is 0 Å². The average molecular weight is 333 g/mol. The van der Waals surface area contributed by atoms with Crippen molar-refractivity contribution in [2.45, 2.75) is 13.5 Å². The van der Waals surface area contributed by atoms with Gasteiger partial charge in [-0.2, -0.15) is 0 Å². The summed E-state index contributed by atoms with van der Waals surface area (Å²) >= 11 is 0. The van der Waals surface area contributed by atoms with Crippen LogP contribution >= 0.6 is 0 Å². The van der Waals surface area contributed by atoms with Crippen LogP contribution in [0.3, 0.4) is 0 Å². The normalized spacial score (nSPS) is 10.3. The zero-order valence-electron chi connectivity index (χ0n) is 12.3. The van der Waals surface area contributed by atoms with E-state index in [-0.39, 0.29) is 17.0 Å². The molecule has 106 valence electrons. The number of hydrogen-bond donors (Lipinski definition) is 0. The summed E-state index contributed by atoms with van der Waals surface area (Å²) in [6.45, 7) is 3.15. The van der Waals surface area contributed by atoms with E-state index in [1.165, 1.54) is 16.8 Å². The van der Waals surface area contributed by atoms with Gasteiger partial charge < -0.3 is 21.9 Å². The fourth-order valence-electron chi connectivity index (χ4n) is 1.87. The maximum Gasteiger partial charge on any atom is 0.169 e. The molecule has 0 radical (unpaired) electrons. The molecule has 0 aliphatic rings. The van der Waals surface area contributed by atoms with E-state index in [2.05, 4.69) is 91.4 Å². The van der Waals surface area contributed by atoms with Crippen LogP contribution in [0.15, 0.2) is 48.8 Å². The first-order valence-corrected chi connectivity index (χ1v) is 6.63. The van der Waals surface area contributed by atoms with Gasteiger partial charge in [-0.05, 0) is 30.2 Å². The van der Waals surface area contributed by atoms with E-state index in [1.54, 1.807) is 0 Å². The van der Waals surface area contributed by atoms with Crippen LogP contribution in [-0.2, 0) is 6.54 Å². The molecule has 2 nitrogen and oxygen atoms in total. The molecule has 2 rings (SSSR count). The van der Waals surface area contributed by atoms with Crippen molar-refractivity contribution in [1.29, 1.82) is 0 Å². The number of benzene rings is 1. The smallest absolute Gasteiger partial charge is 0.169 e. The van der Waals surface area contributed by atoms with Gasteiger partial charge in [-0.3, -0.25) is 0 Å². The molecular weight excluding hydrogens is 312 g/mol. The van der Waals surface area contributed by atoms with Crippen molar-refractivity contribution >= 4 is 17.8 Å². The summed E-state index contributed by atoms with van der Waals surface area (Å²) in [5, 5.41) is 0. The van der Waals surface area contributed by atoms with Crippen LogP contribution in [-0.4, -0.2) is 14.1 Å². The molecule has 0 amide bonds. The van der Waals surface area contributed by atoms with E-state index in [0.717, 1.165) is 6.54 Å². The van der Waals surface area contributed by atoms with Gasteiger partial charge in [0.2, 0.25) is 0 Å². The molecule has 0 unspecified atom stereocenters. The Balaban J connectivity index is 0.00000200. The first-order valence-electron chi connectivity index (χ1n) is 6.63. The zero-order chi connectivity index (χ0) is 13.7. The molecule has 3 heteroatoms. The van der Waals surface area contributed by atoms with Crippen molar-refractivity contribution in [2.75, 3.05) is 19.0 Å². The molecule has 0 aliphatic carbocycles. The van der Waals surface area contributed by atoms with Crippen molar-refractivity contribution < 1.29 is 21.5 Å². The lowest BCUT2D eigenvalue weighted by Gasteiger charge is -2.11. The Labute approximate surface area is 132 Å². The molecule has 1 aromatic carbocycles. The summed E-state index contributed by atoms with van der Waals surface area (Å²) in [6.07, 6.45) is 8.50. The lowest BCUT2D eigenvalue weighted by atomic mass is 10.1. The van der Waals surface area contributed by atoms with Gasteiger partial charge in [-0.15, -0.1) is 0 Å². The second-order valence-corrected chi connectivity index (χ2v) is 4.78. The largest absolute Gasteiger partial charge is 1.00 e. The van der Waals surface area contributed by atoms with Gasteiger partial charge in [0.1, 0.15) is 6.54 Å². The fourth-order valence-corrected chi connectivity index (χ4v) is 1.87. The number of aromatic nitrogens is 1. The summed E-state index contributed by atoms with van der Waals surface area (Å²) < 4.78 is 2.16. The molecule has 0 saturated heterocycles. The Kier molecular flexibility index (Phi) is 6.46. The maximum absolute atomic E-state index is 2.16. The molecular formula is C17H21BrN2.